The Kier molecular flexibility index (Phi) is 4.02. The predicted molar refractivity (Wildman–Crippen MR) is 63.5 cm³/mol. The van der Waals surface area contributed by atoms with E-state index >= 15 is 0 Å². The highest BCUT2D eigenvalue weighted by Gasteiger charge is 2.52. The SMILES string of the molecule is CN1[C@@H]2CCC[C@@]1(C(=O)OCCCCF)CC2. The van der Waals surface area contributed by atoms with Crippen LogP contribution in [0.15, 0.2) is 0 Å². The molecular weight excluding hydrogens is 221 g/mol. The Morgan fingerprint density at radius 3 is 3.00 bits per heavy atom. The van der Waals surface area contributed by atoms with Crippen molar-refractivity contribution >= 4 is 5.97 Å². The standard InChI is InChI=1S/C13H22FNO2/c1-15-11-5-4-7-13(15,8-6-11)12(16)17-10-3-2-9-14/h11H,2-10H2,1H3/t11-,13+/m1/s1. The van der Waals surface area contributed by atoms with Gasteiger partial charge in [0.05, 0.1) is 13.3 Å². The second kappa shape index (κ2) is 5.34. The normalized spacial score (nSPS) is 32.7. The van der Waals surface area contributed by atoms with E-state index in [0.717, 1.165) is 25.7 Å². The number of halogens is 1. The van der Waals surface area contributed by atoms with Gasteiger partial charge < -0.3 is 4.74 Å². The molecule has 0 spiro atoms. The number of likely N-dealkylation sites (N-methyl/N-ethyl adjacent to an activating group) is 1. The van der Waals surface area contributed by atoms with E-state index in [1.165, 1.54) is 6.42 Å². The molecule has 2 atom stereocenters. The van der Waals surface area contributed by atoms with Crippen LogP contribution in [0.4, 0.5) is 4.39 Å². The van der Waals surface area contributed by atoms with Crippen molar-refractivity contribution < 1.29 is 13.9 Å². The Hall–Kier alpha value is -0.640. The number of carbonyl (C=O) groups excluding carboxylic acids is 1. The molecule has 17 heavy (non-hydrogen) atoms. The molecule has 2 saturated heterocycles. The van der Waals surface area contributed by atoms with Crippen molar-refractivity contribution in [1.82, 2.24) is 4.90 Å². The van der Waals surface area contributed by atoms with E-state index in [1.807, 2.05) is 7.05 Å². The molecule has 0 unspecified atom stereocenters. The minimum Gasteiger partial charge on any atom is -0.464 e. The first kappa shape index (κ1) is 12.8. The highest BCUT2D eigenvalue weighted by atomic mass is 19.1. The van der Waals surface area contributed by atoms with Gasteiger partial charge in [-0.05, 0) is 52.0 Å². The number of ether oxygens (including phenoxy) is 1. The Morgan fingerprint density at radius 2 is 2.24 bits per heavy atom. The number of alkyl halides is 1. The highest BCUT2D eigenvalue weighted by molar-refractivity contribution is 5.81. The third kappa shape index (κ3) is 2.32. The lowest BCUT2D eigenvalue weighted by atomic mass is 9.89. The molecule has 0 aromatic heterocycles. The molecule has 0 N–H and O–H groups in total. The quantitative estimate of drug-likeness (QED) is 0.548. The average molecular weight is 243 g/mol. The zero-order valence-electron chi connectivity index (χ0n) is 10.6. The molecule has 98 valence electrons. The zero-order chi connectivity index (χ0) is 12.3. The molecule has 2 aliphatic heterocycles. The lowest BCUT2D eigenvalue weighted by Crippen LogP contribution is -2.54. The number of hydrogen-bond acceptors (Lipinski definition) is 3. The van der Waals surface area contributed by atoms with E-state index in [4.69, 9.17) is 4.74 Å². The molecule has 0 aromatic carbocycles. The maximum Gasteiger partial charge on any atom is 0.326 e. The molecule has 2 aliphatic rings. The molecule has 2 heterocycles. The van der Waals surface area contributed by atoms with E-state index in [2.05, 4.69) is 4.90 Å². The number of hydrogen-bond donors (Lipinski definition) is 0. The summed E-state index contributed by atoms with van der Waals surface area (Å²) in [7, 11) is 2.04. The fourth-order valence-corrected chi connectivity index (χ4v) is 3.24. The molecule has 0 saturated carbocycles. The van der Waals surface area contributed by atoms with Gasteiger partial charge in [-0.1, -0.05) is 0 Å². The van der Waals surface area contributed by atoms with Gasteiger partial charge in [0.1, 0.15) is 5.54 Å². The number of fused-ring (bicyclic) bond motifs is 2. The topological polar surface area (TPSA) is 29.5 Å². The lowest BCUT2D eigenvalue weighted by Gasteiger charge is -2.40. The van der Waals surface area contributed by atoms with Crippen molar-refractivity contribution in [3.8, 4) is 0 Å². The summed E-state index contributed by atoms with van der Waals surface area (Å²) in [5.41, 5.74) is -0.362. The average Bonchev–Trinajstić information content (AvgIpc) is 2.55. The number of rotatable bonds is 5. The first-order valence-corrected chi connectivity index (χ1v) is 6.67. The summed E-state index contributed by atoms with van der Waals surface area (Å²) in [5, 5.41) is 0. The van der Waals surface area contributed by atoms with Crippen LogP contribution in [-0.2, 0) is 9.53 Å². The van der Waals surface area contributed by atoms with Gasteiger partial charge in [-0.2, -0.15) is 0 Å². The Bertz CT molecular complexity index is 281. The number of unbranched alkanes of at least 4 members (excludes halogenated alkanes) is 1. The maximum atomic E-state index is 12.2. The monoisotopic (exact) mass is 243 g/mol. The first-order valence-electron chi connectivity index (χ1n) is 6.67. The number of nitrogens with zero attached hydrogens (tertiary/aromatic N) is 1. The van der Waals surface area contributed by atoms with E-state index in [-0.39, 0.29) is 18.2 Å². The number of carbonyl (C=O) groups is 1. The number of esters is 1. The van der Waals surface area contributed by atoms with Crippen LogP contribution in [0.1, 0.15) is 44.9 Å². The van der Waals surface area contributed by atoms with Crippen molar-refractivity contribution in [2.24, 2.45) is 0 Å². The molecule has 0 aromatic rings. The smallest absolute Gasteiger partial charge is 0.326 e. The van der Waals surface area contributed by atoms with Crippen LogP contribution in [0, 0.1) is 0 Å². The highest BCUT2D eigenvalue weighted by Crippen LogP contribution is 2.43. The summed E-state index contributed by atoms with van der Waals surface area (Å²) in [6.07, 6.45) is 6.39. The molecule has 0 radical (unpaired) electrons. The van der Waals surface area contributed by atoms with Crippen LogP contribution in [0.5, 0.6) is 0 Å². The van der Waals surface area contributed by atoms with Gasteiger partial charge in [0, 0.05) is 6.04 Å². The third-order valence-electron chi connectivity index (χ3n) is 4.38. The van der Waals surface area contributed by atoms with Gasteiger partial charge in [0.2, 0.25) is 0 Å². The zero-order valence-corrected chi connectivity index (χ0v) is 10.6. The van der Waals surface area contributed by atoms with Gasteiger partial charge in [0.25, 0.3) is 0 Å². The van der Waals surface area contributed by atoms with Gasteiger partial charge in [-0.15, -0.1) is 0 Å². The van der Waals surface area contributed by atoms with Crippen LogP contribution in [0.2, 0.25) is 0 Å². The summed E-state index contributed by atoms with van der Waals surface area (Å²) in [6, 6.07) is 0.558. The molecule has 0 amide bonds. The minimum absolute atomic E-state index is 0.0824. The third-order valence-corrected chi connectivity index (χ3v) is 4.38. The lowest BCUT2D eigenvalue weighted by molar-refractivity contribution is -0.158. The molecule has 2 fully saturated rings. The van der Waals surface area contributed by atoms with Gasteiger partial charge in [-0.25, -0.2) is 0 Å². The van der Waals surface area contributed by atoms with Crippen molar-refractivity contribution in [3.05, 3.63) is 0 Å². The minimum atomic E-state index is -0.362. The molecule has 2 bridgehead atoms. The molecule has 2 rings (SSSR count). The Morgan fingerprint density at radius 1 is 1.41 bits per heavy atom. The molecule has 4 heteroatoms. The van der Waals surface area contributed by atoms with Gasteiger partial charge in [0.15, 0.2) is 0 Å². The van der Waals surface area contributed by atoms with E-state index in [0.29, 0.717) is 25.5 Å². The summed E-state index contributed by atoms with van der Waals surface area (Å²) >= 11 is 0. The van der Waals surface area contributed by atoms with Crippen molar-refractivity contribution in [3.63, 3.8) is 0 Å². The van der Waals surface area contributed by atoms with Gasteiger partial charge >= 0.3 is 5.97 Å². The second-order valence-corrected chi connectivity index (χ2v) is 5.26. The first-order chi connectivity index (χ1) is 8.20. The van der Waals surface area contributed by atoms with Crippen LogP contribution in [0.3, 0.4) is 0 Å². The molecule has 3 nitrogen and oxygen atoms in total. The summed E-state index contributed by atoms with van der Waals surface area (Å²) in [4.78, 5) is 14.4. The molecular formula is C13H22FNO2. The van der Waals surface area contributed by atoms with Gasteiger partial charge in [-0.3, -0.25) is 14.1 Å². The van der Waals surface area contributed by atoms with E-state index in [1.54, 1.807) is 0 Å². The predicted octanol–water partition coefficient (Wildman–Crippen LogP) is 2.30. The van der Waals surface area contributed by atoms with Crippen molar-refractivity contribution in [2.75, 3.05) is 20.3 Å². The van der Waals surface area contributed by atoms with E-state index in [9.17, 15) is 9.18 Å². The Labute approximate surface area is 102 Å². The van der Waals surface area contributed by atoms with Crippen LogP contribution >= 0.6 is 0 Å². The maximum absolute atomic E-state index is 12.2. The van der Waals surface area contributed by atoms with E-state index < -0.39 is 0 Å². The number of piperidine rings is 1. The summed E-state index contributed by atoms with van der Waals surface area (Å²) < 4.78 is 17.3. The summed E-state index contributed by atoms with van der Waals surface area (Å²) in [5.74, 6) is -0.0824. The van der Waals surface area contributed by atoms with Crippen LogP contribution in [0.25, 0.3) is 0 Å². The molecule has 0 aliphatic carbocycles. The fraction of sp³-hybridized carbons (Fsp3) is 0.923. The van der Waals surface area contributed by atoms with Crippen molar-refractivity contribution in [2.45, 2.75) is 56.5 Å². The van der Waals surface area contributed by atoms with Crippen LogP contribution < -0.4 is 0 Å². The Balaban J connectivity index is 1.89. The largest absolute Gasteiger partial charge is 0.464 e. The van der Waals surface area contributed by atoms with Crippen LogP contribution in [-0.4, -0.2) is 42.8 Å². The summed E-state index contributed by atoms with van der Waals surface area (Å²) in [6.45, 7) is 0.0354. The fourth-order valence-electron chi connectivity index (χ4n) is 3.24. The van der Waals surface area contributed by atoms with Crippen molar-refractivity contribution in [1.29, 1.82) is 0 Å². The second-order valence-electron chi connectivity index (χ2n) is 5.26.